The van der Waals surface area contributed by atoms with Crippen LogP contribution in [0.3, 0.4) is 0 Å². The van der Waals surface area contributed by atoms with E-state index in [0.29, 0.717) is 0 Å². The van der Waals surface area contributed by atoms with Gasteiger partial charge in [0, 0.05) is 0 Å². The first-order valence-corrected chi connectivity index (χ1v) is 2.91. The maximum atomic E-state index is 2.89. The summed E-state index contributed by atoms with van der Waals surface area (Å²) in [6.45, 7) is 0. The van der Waals surface area contributed by atoms with Crippen LogP contribution < -0.4 is 5.32 Å². The van der Waals surface area contributed by atoms with Crippen molar-refractivity contribution in [1.82, 2.24) is 5.32 Å². The summed E-state index contributed by atoms with van der Waals surface area (Å²) < 4.78 is 0. The Hall–Kier alpha value is -0.0538. The van der Waals surface area contributed by atoms with E-state index in [1.807, 2.05) is 44.4 Å². The van der Waals surface area contributed by atoms with E-state index in [4.69, 9.17) is 0 Å². The summed E-state index contributed by atoms with van der Waals surface area (Å²) in [4.78, 5) is 0. The van der Waals surface area contributed by atoms with Gasteiger partial charge in [0.05, 0.1) is 0 Å². The summed E-state index contributed by atoms with van der Waals surface area (Å²) in [6.07, 6.45) is 0. The molecule has 0 atom stereocenters. The summed E-state index contributed by atoms with van der Waals surface area (Å²) in [5, 5.41) is 2.75. The van der Waals surface area contributed by atoms with E-state index in [1.54, 1.807) is 0 Å². The van der Waals surface area contributed by atoms with Crippen molar-refractivity contribution in [2.45, 2.75) is 0 Å². The van der Waals surface area contributed by atoms with Crippen LogP contribution in [0.1, 0.15) is 0 Å². The van der Waals surface area contributed by atoms with Crippen molar-refractivity contribution in [3.8, 4) is 0 Å². The Kier molecular flexibility index (Phi) is 14.8. The average molecular weight is 146 g/mol. The molecule has 10 heavy (non-hydrogen) atoms. The second-order valence-corrected chi connectivity index (χ2v) is 1.58. The molecule has 0 fully saturated rings. The molecule has 0 aromatic heterocycles. The summed E-state index contributed by atoms with van der Waals surface area (Å²) in [5.41, 5.74) is 0. The second-order valence-electron chi connectivity index (χ2n) is 1.58. The molecule has 0 radical (unpaired) electrons. The maximum absolute atomic E-state index is 2.89. The van der Waals surface area contributed by atoms with E-state index in [0.717, 1.165) is 0 Å². The predicted molar refractivity (Wildman–Crippen MR) is 46.0 cm³/mol. The van der Waals surface area contributed by atoms with Crippen molar-refractivity contribution in [2.75, 3.05) is 14.1 Å². The largest absolute Gasteiger partial charge is 2.00 e. The van der Waals surface area contributed by atoms with Crippen LogP contribution in [0.2, 0.25) is 0 Å². The molecule has 0 heterocycles. The van der Waals surface area contributed by atoms with E-state index in [9.17, 15) is 0 Å². The molecule has 1 aromatic rings. The van der Waals surface area contributed by atoms with Crippen molar-refractivity contribution in [2.24, 2.45) is 0 Å². The molecule has 0 amide bonds. The van der Waals surface area contributed by atoms with Crippen molar-refractivity contribution in [1.29, 1.82) is 0 Å². The normalized spacial score (nSPS) is 6.60. The Bertz CT molecular complexity index is 92.1. The Morgan fingerprint density at radius 2 is 1.40 bits per heavy atom. The number of rotatable bonds is 0. The van der Waals surface area contributed by atoms with Crippen LogP contribution in [-0.2, 0) is 0 Å². The van der Waals surface area contributed by atoms with Crippen molar-refractivity contribution in [3.05, 3.63) is 36.4 Å². The first-order valence-electron chi connectivity index (χ1n) is 2.91. The van der Waals surface area contributed by atoms with E-state index in [1.165, 1.54) is 0 Å². The van der Waals surface area contributed by atoms with Crippen LogP contribution in [0.15, 0.2) is 30.3 Å². The fourth-order valence-electron chi connectivity index (χ4n) is 0.342. The molecule has 50 valence electrons. The van der Waals surface area contributed by atoms with Gasteiger partial charge in [-0.3, -0.25) is 0 Å². The molecule has 1 rings (SSSR count). The zero-order valence-electron chi connectivity index (χ0n) is 6.59. The molecule has 0 spiro atoms. The molecular weight excluding hydrogens is 134 g/mol. The minimum atomic E-state index is 0. The van der Waals surface area contributed by atoms with Gasteiger partial charge in [-0.25, -0.2) is 0 Å². The van der Waals surface area contributed by atoms with Crippen molar-refractivity contribution >= 4 is 23.1 Å². The Balaban J connectivity index is 0. The topological polar surface area (TPSA) is 12.0 Å². The summed E-state index contributed by atoms with van der Waals surface area (Å²) in [7, 11) is 3.75. The molecule has 0 aliphatic heterocycles. The molecule has 1 aromatic carbocycles. The number of hydrogen-bond acceptors (Lipinski definition) is 1. The molecular formula is C8H12MgN+. The molecule has 0 unspecified atom stereocenters. The van der Waals surface area contributed by atoms with E-state index in [-0.39, 0.29) is 23.1 Å². The minimum Gasteiger partial charge on any atom is -0.323 e. The molecule has 1 nitrogen and oxygen atoms in total. The van der Waals surface area contributed by atoms with E-state index < -0.39 is 0 Å². The fraction of sp³-hybridized carbons (Fsp3) is 0.250. The van der Waals surface area contributed by atoms with Gasteiger partial charge in [-0.1, -0.05) is 0 Å². The minimum absolute atomic E-state index is 0. The van der Waals surface area contributed by atoms with Gasteiger partial charge in [0.2, 0.25) is 0 Å². The molecule has 2 heteroatoms. The first-order chi connectivity index (χ1) is 4.41. The third-order valence-electron chi connectivity index (χ3n) is 0.607. The molecule has 0 aliphatic carbocycles. The van der Waals surface area contributed by atoms with Gasteiger partial charge in [-0.2, -0.15) is 36.4 Å². The molecule has 0 saturated heterocycles. The van der Waals surface area contributed by atoms with Crippen LogP contribution in [0.4, 0.5) is 0 Å². The van der Waals surface area contributed by atoms with Crippen LogP contribution in [0.5, 0.6) is 0 Å². The Morgan fingerprint density at radius 1 is 1.00 bits per heavy atom. The quantitative estimate of drug-likeness (QED) is 0.424. The zero-order chi connectivity index (χ0) is 6.95. The summed E-state index contributed by atoms with van der Waals surface area (Å²) in [6, 6.07) is 12.5. The molecule has 0 aliphatic rings. The van der Waals surface area contributed by atoms with E-state index in [2.05, 4.69) is 11.4 Å². The van der Waals surface area contributed by atoms with Gasteiger partial charge < -0.3 is 5.32 Å². The third-order valence-corrected chi connectivity index (χ3v) is 0.607. The second kappa shape index (κ2) is 11.7. The van der Waals surface area contributed by atoms with E-state index >= 15 is 0 Å². The molecule has 1 N–H and O–H groups in total. The Morgan fingerprint density at radius 3 is 1.50 bits per heavy atom. The fourth-order valence-corrected chi connectivity index (χ4v) is 0.342. The van der Waals surface area contributed by atoms with Gasteiger partial charge in [0.15, 0.2) is 0 Å². The summed E-state index contributed by atoms with van der Waals surface area (Å²) in [5.74, 6) is 0. The van der Waals surface area contributed by atoms with Crippen molar-refractivity contribution in [3.63, 3.8) is 0 Å². The third kappa shape index (κ3) is 10.8. The van der Waals surface area contributed by atoms with Crippen LogP contribution in [0, 0.1) is 6.07 Å². The Labute approximate surface area is 79.0 Å². The SMILES string of the molecule is CNC.[Mg+2].[c-]1ccccc1. The van der Waals surface area contributed by atoms with Gasteiger partial charge in [0.25, 0.3) is 0 Å². The maximum Gasteiger partial charge on any atom is 2.00 e. The smallest absolute Gasteiger partial charge is 0.323 e. The average Bonchev–Trinajstić information content (AvgIpc) is 1.93. The van der Waals surface area contributed by atoms with Crippen molar-refractivity contribution < 1.29 is 0 Å². The van der Waals surface area contributed by atoms with Gasteiger partial charge >= 0.3 is 23.1 Å². The molecule has 0 saturated carbocycles. The molecule has 0 bridgehead atoms. The van der Waals surface area contributed by atoms with Crippen LogP contribution >= 0.6 is 0 Å². The monoisotopic (exact) mass is 146 g/mol. The number of nitrogens with one attached hydrogen (secondary N) is 1. The number of hydrogen-bond donors (Lipinski definition) is 1. The van der Waals surface area contributed by atoms with Gasteiger partial charge in [0.1, 0.15) is 0 Å². The zero-order valence-corrected chi connectivity index (χ0v) is 8.01. The number of benzene rings is 1. The van der Waals surface area contributed by atoms with Gasteiger partial charge in [-0.15, -0.1) is 0 Å². The summed E-state index contributed by atoms with van der Waals surface area (Å²) >= 11 is 0. The van der Waals surface area contributed by atoms with Crippen LogP contribution in [0.25, 0.3) is 0 Å². The predicted octanol–water partition coefficient (Wildman–Crippen LogP) is 0.942. The first kappa shape index (κ1) is 12.6. The van der Waals surface area contributed by atoms with Gasteiger partial charge in [-0.05, 0) is 14.1 Å². The van der Waals surface area contributed by atoms with Crippen LogP contribution in [-0.4, -0.2) is 37.1 Å². The standard InChI is InChI=1S/C6H5.C2H7N.Mg/c1-2-4-6-5-3-1;1-3-2;/h1-5H;3H,1-2H3;/q-1;;+2.